The van der Waals surface area contributed by atoms with E-state index in [2.05, 4.69) is 11.4 Å². The molecule has 20 heavy (non-hydrogen) atoms. The highest BCUT2D eigenvalue weighted by atomic mass is 35.5. The van der Waals surface area contributed by atoms with Crippen molar-refractivity contribution in [1.82, 2.24) is 5.32 Å². The molecule has 1 aromatic rings. The quantitative estimate of drug-likeness (QED) is 0.656. The van der Waals surface area contributed by atoms with Crippen LogP contribution in [0.25, 0.3) is 0 Å². The van der Waals surface area contributed by atoms with E-state index in [0.29, 0.717) is 10.8 Å². The molecule has 2 aliphatic rings. The van der Waals surface area contributed by atoms with E-state index < -0.39 is 0 Å². The maximum absolute atomic E-state index is 6.17. The molecule has 0 fully saturated rings. The number of fused-ring (bicyclic) bond motifs is 1. The van der Waals surface area contributed by atoms with Gasteiger partial charge in [-0.25, -0.2) is 0 Å². The average molecular weight is 294 g/mol. The Hall–Kier alpha value is -1.19. The van der Waals surface area contributed by atoms with Crippen LogP contribution in [0.4, 0.5) is 0 Å². The van der Waals surface area contributed by atoms with E-state index in [1.165, 1.54) is 25.7 Å². The van der Waals surface area contributed by atoms with Gasteiger partial charge in [-0.15, -0.1) is 0 Å². The lowest BCUT2D eigenvalue weighted by atomic mass is 9.97. The molecule has 4 heteroatoms. The zero-order valence-corrected chi connectivity index (χ0v) is 12.3. The molecule has 0 aromatic heterocycles. The summed E-state index contributed by atoms with van der Waals surface area (Å²) < 4.78 is 10.7. The van der Waals surface area contributed by atoms with Crippen LogP contribution in [0.15, 0.2) is 23.8 Å². The summed E-state index contributed by atoms with van der Waals surface area (Å²) >= 11 is 6.17. The average Bonchev–Trinajstić information content (AvgIpc) is 2.94. The van der Waals surface area contributed by atoms with Crippen LogP contribution in [0.3, 0.4) is 0 Å². The molecule has 3 nitrogen and oxygen atoms in total. The molecule has 0 amide bonds. The van der Waals surface area contributed by atoms with Crippen molar-refractivity contribution >= 4 is 11.6 Å². The zero-order chi connectivity index (χ0) is 13.8. The first-order valence-corrected chi connectivity index (χ1v) is 7.67. The molecule has 0 saturated carbocycles. The van der Waals surface area contributed by atoms with Crippen LogP contribution >= 0.6 is 11.6 Å². The van der Waals surface area contributed by atoms with Crippen LogP contribution in [0.1, 0.15) is 37.7 Å². The fraction of sp³-hybridized carbons (Fsp3) is 0.500. The van der Waals surface area contributed by atoms with Crippen LogP contribution in [-0.4, -0.2) is 13.3 Å². The van der Waals surface area contributed by atoms with Gasteiger partial charge in [0.2, 0.25) is 6.79 Å². The molecule has 3 rings (SSSR count). The molecule has 0 saturated heterocycles. The van der Waals surface area contributed by atoms with Crippen molar-refractivity contribution in [2.75, 3.05) is 13.3 Å². The van der Waals surface area contributed by atoms with E-state index in [-0.39, 0.29) is 6.79 Å². The Balaban J connectivity index is 1.49. The number of ether oxygens (including phenoxy) is 2. The van der Waals surface area contributed by atoms with Gasteiger partial charge in [0, 0.05) is 6.54 Å². The second kappa shape index (κ2) is 6.51. The minimum absolute atomic E-state index is 0.264. The SMILES string of the molecule is Clc1cc(CNCCC2=CCCCC2)cc2c1OCO2. The summed E-state index contributed by atoms with van der Waals surface area (Å²) in [5.41, 5.74) is 2.74. The highest BCUT2D eigenvalue weighted by molar-refractivity contribution is 6.32. The highest BCUT2D eigenvalue weighted by Gasteiger charge is 2.17. The Morgan fingerprint density at radius 2 is 2.15 bits per heavy atom. The fourth-order valence-electron chi connectivity index (χ4n) is 2.74. The normalized spacial score (nSPS) is 17.1. The van der Waals surface area contributed by atoms with Gasteiger partial charge in [-0.3, -0.25) is 0 Å². The molecule has 1 N–H and O–H groups in total. The number of nitrogens with one attached hydrogen (secondary N) is 1. The Morgan fingerprint density at radius 1 is 1.20 bits per heavy atom. The highest BCUT2D eigenvalue weighted by Crippen LogP contribution is 2.39. The van der Waals surface area contributed by atoms with Crippen LogP contribution in [0, 0.1) is 0 Å². The number of halogens is 1. The lowest BCUT2D eigenvalue weighted by Crippen LogP contribution is -2.15. The van der Waals surface area contributed by atoms with Crippen LogP contribution < -0.4 is 14.8 Å². The van der Waals surface area contributed by atoms with Gasteiger partial charge in [0.05, 0.1) is 5.02 Å². The first kappa shape index (κ1) is 13.8. The van der Waals surface area contributed by atoms with Gasteiger partial charge in [0.1, 0.15) is 0 Å². The summed E-state index contributed by atoms with van der Waals surface area (Å²) in [5, 5.41) is 4.10. The summed E-state index contributed by atoms with van der Waals surface area (Å²) in [5.74, 6) is 1.42. The van der Waals surface area contributed by atoms with Crippen molar-refractivity contribution < 1.29 is 9.47 Å². The molecule has 0 spiro atoms. The fourth-order valence-corrected chi connectivity index (χ4v) is 3.02. The molecule has 0 radical (unpaired) electrons. The molecule has 1 aromatic carbocycles. The first-order valence-electron chi connectivity index (χ1n) is 7.29. The number of benzene rings is 1. The van der Waals surface area contributed by atoms with E-state index in [0.717, 1.165) is 30.8 Å². The maximum atomic E-state index is 6.17. The maximum Gasteiger partial charge on any atom is 0.231 e. The molecular weight excluding hydrogens is 274 g/mol. The Kier molecular flexibility index (Phi) is 4.48. The van der Waals surface area contributed by atoms with Crippen molar-refractivity contribution in [2.24, 2.45) is 0 Å². The Morgan fingerprint density at radius 3 is 3.00 bits per heavy atom. The van der Waals surface area contributed by atoms with E-state index >= 15 is 0 Å². The summed E-state index contributed by atoms with van der Waals surface area (Å²) in [6.45, 7) is 2.08. The van der Waals surface area contributed by atoms with Gasteiger partial charge < -0.3 is 14.8 Å². The van der Waals surface area contributed by atoms with Gasteiger partial charge in [-0.2, -0.15) is 0 Å². The molecule has 108 valence electrons. The second-order valence-corrected chi connectivity index (χ2v) is 5.75. The molecular formula is C16H20ClNO2. The third-order valence-electron chi connectivity index (χ3n) is 3.82. The topological polar surface area (TPSA) is 30.5 Å². The molecule has 0 bridgehead atoms. The first-order chi connectivity index (χ1) is 9.83. The van der Waals surface area contributed by atoms with Crippen LogP contribution in [-0.2, 0) is 6.54 Å². The van der Waals surface area contributed by atoms with Gasteiger partial charge >= 0.3 is 0 Å². The van der Waals surface area contributed by atoms with Crippen molar-refractivity contribution in [3.63, 3.8) is 0 Å². The summed E-state index contributed by atoms with van der Waals surface area (Å²) in [7, 11) is 0. The third-order valence-corrected chi connectivity index (χ3v) is 4.10. The van der Waals surface area contributed by atoms with Crippen LogP contribution in [0.5, 0.6) is 11.5 Å². The largest absolute Gasteiger partial charge is 0.454 e. The van der Waals surface area contributed by atoms with E-state index in [4.69, 9.17) is 21.1 Å². The van der Waals surface area contributed by atoms with E-state index in [1.54, 1.807) is 5.57 Å². The number of hydrogen-bond donors (Lipinski definition) is 1. The minimum Gasteiger partial charge on any atom is -0.454 e. The van der Waals surface area contributed by atoms with E-state index in [9.17, 15) is 0 Å². The van der Waals surface area contributed by atoms with Crippen molar-refractivity contribution in [3.8, 4) is 11.5 Å². The van der Waals surface area contributed by atoms with Gasteiger partial charge in [-0.1, -0.05) is 23.3 Å². The lowest BCUT2D eigenvalue weighted by molar-refractivity contribution is 0.174. The molecule has 1 aliphatic heterocycles. The number of rotatable bonds is 5. The van der Waals surface area contributed by atoms with Crippen molar-refractivity contribution in [3.05, 3.63) is 34.4 Å². The van der Waals surface area contributed by atoms with Crippen LogP contribution in [0.2, 0.25) is 5.02 Å². The molecule has 0 atom stereocenters. The lowest BCUT2D eigenvalue weighted by Gasteiger charge is -2.13. The minimum atomic E-state index is 0.264. The van der Waals surface area contributed by atoms with Gasteiger partial charge in [0.25, 0.3) is 0 Å². The van der Waals surface area contributed by atoms with E-state index in [1.807, 2.05) is 12.1 Å². The summed E-state index contributed by atoms with van der Waals surface area (Å²) in [4.78, 5) is 0. The summed E-state index contributed by atoms with van der Waals surface area (Å²) in [6.07, 6.45) is 8.79. The Labute approximate surface area is 124 Å². The molecule has 0 unspecified atom stereocenters. The predicted molar refractivity (Wildman–Crippen MR) is 80.4 cm³/mol. The van der Waals surface area contributed by atoms with Crippen molar-refractivity contribution in [1.29, 1.82) is 0 Å². The Bertz CT molecular complexity index is 513. The number of hydrogen-bond acceptors (Lipinski definition) is 3. The predicted octanol–water partition coefficient (Wildman–Crippen LogP) is 4.05. The monoisotopic (exact) mass is 293 g/mol. The van der Waals surface area contributed by atoms with Gasteiger partial charge in [-0.05, 0) is 56.3 Å². The molecule has 1 aliphatic carbocycles. The summed E-state index contributed by atoms with van der Waals surface area (Å²) in [6, 6.07) is 3.95. The smallest absolute Gasteiger partial charge is 0.231 e. The third kappa shape index (κ3) is 3.28. The zero-order valence-electron chi connectivity index (χ0n) is 11.6. The molecule has 1 heterocycles. The standard InChI is InChI=1S/C16H20ClNO2/c17-14-8-13(9-15-16(14)20-11-19-15)10-18-7-6-12-4-2-1-3-5-12/h4,8-9,18H,1-3,5-7,10-11H2. The number of allylic oxidation sites excluding steroid dienone is 1. The second-order valence-electron chi connectivity index (χ2n) is 5.35. The van der Waals surface area contributed by atoms with Crippen molar-refractivity contribution in [2.45, 2.75) is 38.6 Å². The van der Waals surface area contributed by atoms with Gasteiger partial charge in [0.15, 0.2) is 11.5 Å².